The lowest BCUT2D eigenvalue weighted by Crippen LogP contribution is -1.88. The summed E-state index contributed by atoms with van der Waals surface area (Å²) < 4.78 is 13.7. The minimum Gasteiger partial charge on any atom is -0.256 e. The van der Waals surface area contributed by atoms with E-state index in [1.54, 1.807) is 18.3 Å². The van der Waals surface area contributed by atoms with E-state index in [9.17, 15) is 4.39 Å². The molecule has 0 aliphatic rings. The highest BCUT2D eigenvalue weighted by Gasteiger charge is 2.05. The number of nitrogens with zero attached hydrogens (tertiary/aromatic N) is 1. The van der Waals surface area contributed by atoms with Crippen molar-refractivity contribution in [3.63, 3.8) is 0 Å². The van der Waals surface area contributed by atoms with Gasteiger partial charge >= 0.3 is 0 Å². The molecule has 3 rings (SSSR count). The summed E-state index contributed by atoms with van der Waals surface area (Å²) in [6, 6.07) is 20.5. The summed E-state index contributed by atoms with van der Waals surface area (Å²) in [5.74, 6) is -0.248. The molecule has 0 saturated carbocycles. The Labute approximate surface area is 111 Å². The molecule has 0 bridgehead atoms. The Bertz CT molecular complexity index is 675. The molecule has 0 aliphatic heterocycles. The maximum Gasteiger partial charge on any atom is 0.132 e. The van der Waals surface area contributed by atoms with E-state index in [0.717, 1.165) is 11.1 Å². The monoisotopic (exact) mass is 249 g/mol. The van der Waals surface area contributed by atoms with Gasteiger partial charge in [-0.2, -0.15) is 0 Å². The average molecular weight is 249 g/mol. The molecule has 0 saturated heterocycles. The minimum absolute atomic E-state index is 0.248. The van der Waals surface area contributed by atoms with Crippen molar-refractivity contribution in [1.29, 1.82) is 0 Å². The van der Waals surface area contributed by atoms with Gasteiger partial charge in [0.1, 0.15) is 5.82 Å². The van der Waals surface area contributed by atoms with Crippen molar-refractivity contribution in [2.75, 3.05) is 0 Å². The first-order valence-electron chi connectivity index (χ1n) is 6.11. The molecule has 0 N–H and O–H groups in total. The highest BCUT2D eigenvalue weighted by atomic mass is 19.1. The lowest BCUT2D eigenvalue weighted by Gasteiger charge is -2.04. The number of hydrogen-bond donors (Lipinski definition) is 0. The van der Waals surface area contributed by atoms with Gasteiger partial charge in [-0.3, -0.25) is 4.98 Å². The van der Waals surface area contributed by atoms with Crippen LogP contribution in [-0.2, 0) is 0 Å². The van der Waals surface area contributed by atoms with Crippen molar-refractivity contribution in [3.8, 4) is 22.4 Å². The zero-order valence-electron chi connectivity index (χ0n) is 10.3. The van der Waals surface area contributed by atoms with Gasteiger partial charge < -0.3 is 0 Å². The van der Waals surface area contributed by atoms with Crippen LogP contribution < -0.4 is 0 Å². The van der Waals surface area contributed by atoms with E-state index >= 15 is 0 Å². The van der Waals surface area contributed by atoms with Gasteiger partial charge in [-0.25, -0.2) is 4.39 Å². The van der Waals surface area contributed by atoms with Crippen LogP contribution in [-0.4, -0.2) is 4.98 Å². The molecule has 0 atom stereocenters. The van der Waals surface area contributed by atoms with Crippen molar-refractivity contribution in [3.05, 3.63) is 78.7 Å². The van der Waals surface area contributed by atoms with E-state index in [0.29, 0.717) is 11.3 Å². The molecule has 0 fully saturated rings. The summed E-state index contributed by atoms with van der Waals surface area (Å²) in [5.41, 5.74) is 3.32. The topological polar surface area (TPSA) is 12.9 Å². The first kappa shape index (κ1) is 11.6. The van der Waals surface area contributed by atoms with E-state index in [1.165, 1.54) is 6.07 Å². The summed E-state index contributed by atoms with van der Waals surface area (Å²) in [4.78, 5) is 4.35. The molecule has 0 radical (unpaired) electrons. The normalized spacial score (nSPS) is 10.4. The van der Waals surface area contributed by atoms with Crippen LogP contribution in [0.4, 0.5) is 4.39 Å². The third-order valence-corrected chi connectivity index (χ3v) is 3.02. The van der Waals surface area contributed by atoms with Gasteiger partial charge in [0.15, 0.2) is 0 Å². The number of rotatable bonds is 2. The second-order valence-corrected chi connectivity index (χ2v) is 4.28. The summed E-state index contributed by atoms with van der Waals surface area (Å²) in [5, 5.41) is 0. The second-order valence-electron chi connectivity index (χ2n) is 4.28. The van der Waals surface area contributed by atoms with Crippen LogP contribution in [0.2, 0.25) is 0 Å². The number of aromatic nitrogens is 1. The largest absolute Gasteiger partial charge is 0.256 e. The summed E-state index contributed by atoms with van der Waals surface area (Å²) in [6.07, 6.45) is 1.77. The van der Waals surface area contributed by atoms with Crippen molar-refractivity contribution in [2.24, 2.45) is 0 Å². The van der Waals surface area contributed by atoms with Crippen molar-refractivity contribution >= 4 is 0 Å². The highest BCUT2D eigenvalue weighted by molar-refractivity contribution is 5.66. The fourth-order valence-electron chi connectivity index (χ4n) is 2.02. The molecule has 1 heterocycles. The van der Waals surface area contributed by atoms with Gasteiger partial charge in [0, 0.05) is 17.3 Å². The summed E-state index contributed by atoms with van der Waals surface area (Å²) in [7, 11) is 0. The van der Waals surface area contributed by atoms with E-state index in [4.69, 9.17) is 0 Å². The SMILES string of the molecule is Fc1ccccc1-c1ccc(-c2ccccc2)cn1. The maximum absolute atomic E-state index is 13.7. The molecule has 0 amide bonds. The Balaban J connectivity index is 1.98. The lowest BCUT2D eigenvalue weighted by atomic mass is 10.1. The van der Waals surface area contributed by atoms with E-state index in [1.807, 2.05) is 48.5 Å². The van der Waals surface area contributed by atoms with Crippen LogP contribution in [0.25, 0.3) is 22.4 Å². The minimum atomic E-state index is -0.248. The standard InChI is InChI=1S/C17H12FN/c18-16-9-5-4-8-15(16)17-11-10-14(12-19-17)13-6-2-1-3-7-13/h1-12H. The lowest BCUT2D eigenvalue weighted by molar-refractivity contribution is 0.631. The van der Waals surface area contributed by atoms with Gasteiger partial charge in [0.25, 0.3) is 0 Å². The first-order chi connectivity index (χ1) is 9.34. The molecule has 2 aromatic carbocycles. The van der Waals surface area contributed by atoms with Crippen LogP contribution in [0.5, 0.6) is 0 Å². The molecular formula is C17H12FN. The zero-order valence-corrected chi connectivity index (χ0v) is 10.3. The van der Waals surface area contributed by atoms with Gasteiger partial charge in [-0.05, 0) is 23.8 Å². The van der Waals surface area contributed by atoms with Crippen LogP contribution >= 0.6 is 0 Å². The maximum atomic E-state index is 13.7. The Morgan fingerprint density at radius 1 is 0.684 bits per heavy atom. The molecule has 0 aliphatic carbocycles. The quantitative estimate of drug-likeness (QED) is 0.649. The highest BCUT2D eigenvalue weighted by Crippen LogP contribution is 2.23. The molecule has 2 heteroatoms. The van der Waals surface area contributed by atoms with Gasteiger partial charge in [-0.1, -0.05) is 48.5 Å². The number of pyridine rings is 1. The van der Waals surface area contributed by atoms with E-state index in [-0.39, 0.29) is 5.82 Å². The third kappa shape index (κ3) is 2.38. The Kier molecular flexibility index (Phi) is 3.07. The first-order valence-corrected chi connectivity index (χ1v) is 6.11. The van der Waals surface area contributed by atoms with Gasteiger partial charge in [0.05, 0.1) is 5.69 Å². The van der Waals surface area contributed by atoms with E-state index < -0.39 is 0 Å². The smallest absolute Gasteiger partial charge is 0.132 e. The zero-order chi connectivity index (χ0) is 13.1. The molecule has 0 unspecified atom stereocenters. The molecule has 0 spiro atoms. The summed E-state index contributed by atoms with van der Waals surface area (Å²) in [6.45, 7) is 0. The third-order valence-electron chi connectivity index (χ3n) is 3.02. The molecule has 92 valence electrons. The van der Waals surface area contributed by atoms with Crippen LogP contribution in [0, 0.1) is 5.82 Å². The summed E-state index contributed by atoms with van der Waals surface area (Å²) >= 11 is 0. The van der Waals surface area contributed by atoms with Crippen LogP contribution in [0.3, 0.4) is 0 Å². The Morgan fingerprint density at radius 2 is 1.42 bits per heavy atom. The van der Waals surface area contributed by atoms with Gasteiger partial charge in [-0.15, -0.1) is 0 Å². The fraction of sp³-hybridized carbons (Fsp3) is 0. The fourth-order valence-corrected chi connectivity index (χ4v) is 2.02. The van der Waals surface area contributed by atoms with Crippen LogP contribution in [0.15, 0.2) is 72.9 Å². The predicted molar refractivity (Wildman–Crippen MR) is 75.1 cm³/mol. The van der Waals surface area contributed by atoms with Gasteiger partial charge in [0.2, 0.25) is 0 Å². The number of hydrogen-bond acceptors (Lipinski definition) is 1. The number of halogens is 1. The van der Waals surface area contributed by atoms with Crippen molar-refractivity contribution in [1.82, 2.24) is 4.98 Å². The molecular weight excluding hydrogens is 237 g/mol. The van der Waals surface area contributed by atoms with E-state index in [2.05, 4.69) is 4.98 Å². The van der Waals surface area contributed by atoms with Crippen LogP contribution in [0.1, 0.15) is 0 Å². The number of benzene rings is 2. The second kappa shape index (κ2) is 5.02. The molecule has 1 nitrogen and oxygen atoms in total. The average Bonchev–Trinajstić information content (AvgIpc) is 2.49. The molecule has 3 aromatic rings. The Morgan fingerprint density at radius 3 is 2.11 bits per heavy atom. The Hall–Kier alpha value is -2.48. The molecule has 1 aromatic heterocycles. The van der Waals surface area contributed by atoms with Crippen molar-refractivity contribution in [2.45, 2.75) is 0 Å². The van der Waals surface area contributed by atoms with Crippen molar-refractivity contribution < 1.29 is 4.39 Å². The predicted octanol–water partition coefficient (Wildman–Crippen LogP) is 4.55. The molecule has 19 heavy (non-hydrogen) atoms.